The van der Waals surface area contributed by atoms with Gasteiger partial charge >= 0.3 is 0 Å². The second kappa shape index (κ2) is 8.31. The van der Waals surface area contributed by atoms with Crippen LogP contribution in [0, 0.1) is 0 Å². The summed E-state index contributed by atoms with van der Waals surface area (Å²) < 4.78 is 0. The van der Waals surface area contributed by atoms with Crippen LogP contribution in [0.3, 0.4) is 0 Å². The van der Waals surface area contributed by atoms with Crippen molar-refractivity contribution in [2.75, 3.05) is 24.6 Å². The second-order valence-corrected chi connectivity index (χ2v) is 6.21. The lowest BCUT2D eigenvalue weighted by atomic mass is 10.0. The topological polar surface area (TPSA) is 60.9 Å². The molecule has 1 aliphatic rings. The molecule has 5 nitrogen and oxygen atoms in total. The van der Waals surface area contributed by atoms with E-state index in [9.17, 15) is 9.59 Å². The molecule has 1 aliphatic heterocycles. The van der Waals surface area contributed by atoms with E-state index in [1.165, 1.54) is 0 Å². The lowest BCUT2D eigenvalue weighted by Gasteiger charge is -2.41. The van der Waals surface area contributed by atoms with Crippen molar-refractivity contribution >= 4 is 29.1 Å². The van der Waals surface area contributed by atoms with E-state index < -0.39 is 0 Å². The van der Waals surface area contributed by atoms with Crippen molar-refractivity contribution in [2.45, 2.75) is 38.6 Å². The molecule has 126 valence electrons. The van der Waals surface area contributed by atoms with E-state index in [1.54, 1.807) is 21.9 Å². The van der Waals surface area contributed by atoms with Crippen LogP contribution >= 0.6 is 11.6 Å². The number of aliphatic hydroxyl groups is 1. The Kier molecular flexibility index (Phi) is 6.42. The molecule has 0 saturated carbocycles. The van der Waals surface area contributed by atoms with E-state index in [0.29, 0.717) is 11.6 Å². The molecular weight excluding hydrogens is 316 g/mol. The van der Waals surface area contributed by atoms with Crippen LogP contribution in [0.2, 0.25) is 5.02 Å². The average Bonchev–Trinajstić information content (AvgIpc) is 2.54. The Morgan fingerprint density at radius 2 is 2.04 bits per heavy atom. The van der Waals surface area contributed by atoms with E-state index in [1.807, 2.05) is 12.1 Å². The van der Waals surface area contributed by atoms with Gasteiger partial charge in [-0.3, -0.25) is 9.59 Å². The highest BCUT2D eigenvalue weighted by molar-refractivity contribution is 6.30. The fourth-order valence-corrected chi connectivity index (χ4v) is 2.99. The number of benzene rings is 1. The molecule has 1 aromatic rings. The number of nitrogens with zero attached hydrogens (tertiary/aromatic N) is 2. The van der Waals surface area contributed by atoms with Crippen molar-refractivity contribution < 1.29 is 14.7 Å². The van der Waals surface area contributed by atoms with Gasteiger partial charge in [0.1, 0.15) is 6.54 Å². The lowest BCUT2D eigenvalue weighted by Crippen LogP contribution is -2.58. The maximum Gasteiger partial charge on any atom is 0.246 e. The molecule has 0 aromatic heterocycles. The fourth-order valence-electron chi connectivity index (χ4n) is 2.86. The molecule has 6 heteroatoms. The minimum absolute atomic E-state index is 0.0117. The van der Waals surface area contributed by atoms with Gasteiger partial charge in [-0.1, -0.05) is 31.4 Å². The number of aliphatic hydroxyl groups excluding tert-OH is 1. The minimum atomic E-state index is -0.190. The second-order valence-electron chi connectivity index (χ2n) is 5.77. The highest BCUT2D eigenvalue weighted by atomic mass is 35.5. The number of unbranched alkanes of at least 4 members (excludes halogenated alkanes) is 1. The smallest absolute Gasteiger partial charge is 0.246 e. The van der Waals surface area contributed by atoms with Crippen LogP contribution in [0.25, 0.3) is 0 Å². The zero-order chi connectivity index (χ0) is 16.8. The molecule has 0 spiro atoms. The summed E-state index contributed by atoms with van der Waals surface area (Å²) in [5, 5.41) is 9.62. The summed E-state index contributed by atoms with van der Waals surface area (Å²) in [6, 6.07) is 7.15. The largest absolute Gasteiger partial charge is 0.396 e. The summed E-state index contributed by atoms with van der Waals surface area (Å²) >= 11 is 5.90. The van der Waals surface area contributed by atoms with Gasteiger partial charge < -0.3 is 14.9 Å². The number of amides is 2. The van der Waals surface area contributed by atoms with Crippen LogP contribution in [-0.4, -0.2) is 47.6 Å². The predicted molar refractivity (Wildman–Crippen MR) is 90.5 cm³/mol. The van der Waals surface area contributed by atoms with Crippen molar-refractivity contribution in [1.29, 1.82) is 0 Å². The van der Waals surface area contributed by atoms with Gasteiger partial charge in [0, 0.05) is 23.7 Å². The fraction of sp³-hybridized carbons (Fsp3) is 0.529. The molecule has 2 rings (SSSR count). The standard InChI is InChI=1S/C17H23ClN2O3/c1-2-3-4-15-11-19(14-7-5-13(18)6-8-14)17(23)12-20(15)16(22)9-10-21/h5-8,15,21H,2-4,9-12H2,1H3/t15-/m1/s1. The van der Waals surface area contributed by atoms with Crippen molar-refractivity contribution in [2.24, 2.45) is 0 Å². The van der Waals surface area contributed by atoms with Gasteiger partial charge in [-0.15, -0.1) is 0 Å². The Morgan fingerprint density at radius 3 is 2.65 bits per heavy atom. The third-order valence-corrected chi connectivity index (χ3v) is 4.37. The molecule has 1 fully saturated rings. The first-order valence-electron chi connectivity index (χ1n) is 8.03. The van der Waals surface area contributed by atoms with Crippen LogP contribution in [0.4, 0.5) is 5.69 Å². The molecule has 0 aliphatic carbocycles. The number of hydrogen-bond donors (Lipinski definition) is 1. The third kappa shape index (κ3) is 4.45. The van der Waals surface area contributed by atoms with Gasteiger partial charge in [-0.05, 0) is 30.7 Å². The summed E-state index contributed by atoms with van der Waals surface area (Å²) in [5.41, 5.74) is 0.801. The Labute approximate surface area is 141 Å². The molecule has 0 radical (unpaired) electrons. The van der Waals surface area contributed by atoms with E-state index in [-0.39, 0.29) is 37.4 Å². The minimum Gasteiger partial charge on any atom is -0.396 e. The third-order valence-electron chi connectivity index (χ3n) is 4.12. The van der Waals surface area contributed by atoms with E-state index in [0.717, 1.165) is 24.9 Å². The van der Waals surface area contributed by atoms with Gasteiger partial charge in [0.15, 0.2) is 0 Å². The van der Waals surface area contributed by atoms with Gasteiger partial charge in [-0.2, -0.15) is 0 Å². The Bertz CT molecular complexity index is 547. The van der Waals surface area contributed by atoms with Crippen molar-refractivity contribution in [3.8, 4) is 0 Å². The number of carbonyl (C=O) groups is 2. The molecule has 1 aromatic carbocycles. The summed E-state index contributed by atoms with van der Waals surface area (Å²) in [4.78, 5) is 28.0. The highest BCUT2D eigenvalue weighted by Crippen LogP contribution is 2.24. The first-order chi connectivity index (χ1) is 11.1. The number of halogens is 1. The van der Waals surface area contributed by atoms with Gasteiger partial charge in [0.05, 0.1) is 12.6 Å². The molecule has 0 unspecified atom stereocenters. The van der Waals surface area contributed by atoms with Crippen molar-refractivity contribution in [1.82, 2.24) is 4.90 Å². The summed E-state index contributed by atoms with van der Waals surface area (Å²) in [5.74, 6) is -0.260. The van der Waals surface area contributed by atoms with Crippen LogP contribution in [-0.2, 0) is 9.59 Å². The molecule has 1 saturated heterocycles. The van der Waals surface area contributed by atoms with Crippen LogP contribution < -0.4 is 4.90 Å². The molecule has 1 atom stereocenters. The highest BCUT2D eigenvalue weighted by Gasteiger charge is 2.34. The SMILES string of the molecule is CCCC[C@@H]1CN(c2ccc(Cl)cc2)C(=O)CN1C(=O)CCO. The van der Waals surface area contributed by atoms with Gasteiger partial charge in [0.2, 0.25) is 11.8 Å². The summed E-state index contributed by atoms with van der Waals surface area (Å²) in [6.07, 6.45) is 2.95. The van der Waals surface area contributed by atoms with Crippen molar-refractivity contribution in [3.63, 3.8) is 0 Å². The Balaban J connectivity index is 2.17. The monoisotopic (exact) mass is 338 g/mol. The van der Waals surface area contributed by atoms with Crippen LogP contribution in [0.1, 0.15) is 32.6 Å². The zero-order valence-electron chi connectivity index (χ0n) is 13.4. The van der Waals surface area contributed by atoms with Crippen LogP contribution in [0.5, 0.6) is 0 Å². The van der Waals surface area contributed by atoms with Gasteiger partial charge in [-0.25, -0.2) is 0 Å². The number of rotatable bonds is 6. The number of hydrogen-bond acceptors (Lipinski definition) is 3. The van der Waals surface area contributed by atoms with Crippen LogP contribution in [0.15, 0.2) is 24.3 Å². The maximum atomic E-state index is 12.5. The van der Waals surface area contributed by atoms with E-state index in [2.05, 4.69) is 6.92 Å². The Morgan fingerprint density at radius 1 is 1.35 bits per heavy atom. The number of anilines is 1. The quantitative estimate of drug-likeness (QED) is 0.866. The molecule has 1 heterocycles. The molecule has 0 bridgehead atoms. The Hall–Kier alpha value is -1.59. The van der Waals surface area contributed by atoms with E-state index >= 15 is 0 Å². The van der Waals surface area contributed by atoms with Gasteiger partial charge in [0.25, 0.3) is 0 Å². The average molecular weight is 339 g/mol. The number of carbonyl (C=O) groups excluding carboxylic acids is 2. The summed E-state index contributed by atoms with van der Waals surface area (Å²) in [6.45, 7) is 2.46. The van der Waals surface area contributed by atoms with Crippen molar-refractivity contribution in [3.05, 3.63) is 29.3 Å². The molecule has 2 amide bonds. The zero-order valence-corrected chi connectivity index (χ0v) is 14.1. The van der Waals surface area contributed by atoms with E-state index in [4.69, 9.17) is 16.7 Å². The molecular formula is C17H23ClN2O3. The first kappa shape index (κ1) is 17.8. The maximum absolute atomic E-state index is 12.5. The predicted octanol–water partition coefficient (Wildman–Crippen LogP) is 2.46. The lowest BCUT2D eigenvalue weighted by molar-refractivity contribution is -0.140. The molecule has 23 heavy (non-hydrogen) atoms. The normalized spacial score (nSPS) is 18.4. The summed E-state index contributed by atoms with van der Waals surface area (Å²) in [7, 11) is 0. The molecule has 1 N–H and O–H groups in total. The first-order valence-corrected chi connectivity index (χ1v) is 8.40. The number of piperazine rings is 1.